The molecule has 0 aromatic heterocycles. The molecule has 1 fully saturated rings. The van der Waals surface area contributed by atoms with Crippen molar-refractivity contribution in [3.63, 3.8) is 0 Å². The Kier molecular flexibility index (Phi) is 7.82. The Hall–Kier alpha value is -0.160. The number of ether oxygens (including phenoxy) is 2. The summed E-state index contributed by atoms with van der Waals surface area (Å²) < 4.78 is 10.9. The maximum absolute atomic E-state index is 5.69. The number of likely N-dealkylation sites (N-methyl/N-ethyl adjacent to an activating group) is 1. The van der Waals surface area contributed by atoms with Crippen LogP contribution in [0.15, 0.2) is 0 Å². The number of nitrogens with one attached hydrogen (secondary N) is 1. The van der Waals surface area contributed by atoms with Crippen LogP contribution in [0, 0.1) is 0 Å². The fourth-order valence-corrected chi connectivity index (χ4v) is 2.69. The highest BCUT2D eigenvalue weighted by Gasteiger charge is 2.32. The largest absolute Gasteiger partial charge is 0.383 e. The standard InChI is InChI=1S/C14H30N2O2/c1-5-12(3)16(8-10-17-4)14-11-18-9-7-13(14)15-6-2/h12-15H,5-11H2,1-4H3. The summed E-state index contributed by atoms with van der Waals surface area (Å²) in [6.45, 7) is 11.2. The predicted molar refractivity (Wildman–Crippen MR) is 75.0 cm³/mol. The average molecular weight is 258 g/mol. The van der Waals surface area contributed by atoms with E-state index in [1.54, 1.807) is 7.11 Å². The zero-order valence-corrected chi connectivity index (χ0v) is 12.4. The molecule has 1 aliphatic rings. The van der Waals surface area contributed by atoms with Crippen molar-refractivity contribution in [1.82, 2.24) is 10.2 Å². The van der Waals surface area contributed by atoms with Gasteiger partial charge in [0.2, 0.25) is 0 Å². The van der Waals surface area contributed by atoms with Gasteiger partial charge in [0.05, 0.1) is 13.2 Å². The monoisotopic (exact) mass is 258 g/mol. The van der Waals surface area contributed by atoms with Gasteiger partial charge in [-0.1, -0.05) is 13.8 Å². The Morgan fingerprint density at radius 1 is 1.44 bits per heavy atom. The van der Waals surface area contributed by atoms with Gasteiger partial charge in [-0.15, -0.1) is 0 Å². The molecule has 1 aliphatic heterocycles. The van der Waals surface area contributed by atoms with Gasteiger partial charge in [-0.3, -0.25) is 4.90 Å². The SMILES string of the molecule is CCNC1CCOCC1N(CCOC)C(C)CC. The van der Waals surface area contributed by atoms with E-state index >= 15 is 0 Å². The lowest BCUT2D eigenvalue weighted by molar-refractivity contribution is -0.0252. The molecule has 0 aliphatic carbocycles. The molecule has 0 aromatic carbocycles. The zero-order chi connectivity index (χ0) is 13.4. The highest BCUT2D eigenvalue weighted by molar-refractivity contribution is 4.89. The van der Waals surface area contributed by atoms with Gasteiger partial charge in [-0.25, -0.2) is 0 Å². The van der Waals surface area contributed by atoms with Crippen LogP contribution in [0.4, 0.5) is 0 Å². The molecule has 4 heteroatoms. The molecule has 18 heavy (non-hydrogen) atoms. The van der Waals surface area contributed by atoms with Gasteiger partial charge < -0.3 is 14.8 Å². The molecule has 4 nitrogen and oxygen atoms in total. The number of hydrogen-bond donors (Lipinski definition) is 1. The third-order valence-corrected chi connectivity index (χ3v) is 3.93. The van der Waals surface area contributed by atoms with Crippen molar-refractivity contribution < 1.29 is 9.47 Å². The van der Waals surface area contributed by atoms with E-state index in [-0.39, 0.29) is 0 Å². The molecule has 0 bridgehead atoms. The Balaban J connectivity index is 2.66. The molecule has 0 radical (unpaired) electrons. The van der Waals surface area contributed by atoms with E-state index in [4.69, 9.17) is 9.47 Å². The van der Waals surface area contributed by atoms with Gasteiger partial charge in [0.1, 0.15) is 0 Å². The fourth-order valence-electron chi connectivity index (χ4n) is 2.69. The van der Waals surface area contributed by atoms with Crippen molar-refractivity contribution in [2.75, 3.05) is 40.0 Å². The van der Waals surface area contributed by atoms with Crippen molar-refractivity contribution in [1.29, 1.82) is 0 Å². The lowest BCUT2D eigenvalue weighted by Crippen LogP contribution is -2.58. The third-order valence-electron chi connectivity index (χ3n) is 3.93. The van der Waals surface area contributed by atoms with Crippen LogP contribution in [-0.4, -0.2) is 63.0 Å². The lowest BCUT2D eigenvalue weighted by atomic mass is 9.99. The maximum atomic E-state index is 5.69. The highest BCUT2D eigenvalue weighted by atomic mass is 16.5. The molecule has 3 unspecified atom stereocenters. The van der Waals surface area contributed by atoms with Crippen LogP contribution in [-0.2, 0) is 9.47 Å². The minimum atomic E-state index is 0.476. The number of hydrogen-bond acceptors (Lipinski definition) is 4. The van der Waals surface area contributed by atoms with Gasteiger partial charge in [-0.2, -0.15) is 0 Å². The first-order valence-electron chi connectivity index (χ1n) is 7.30. The van der Waals surface area contributed by atoms with Gasteiger partial charge >= 0.3 is 0 Å². The van der Waals surface area contributed by atoms with Gasteiger partial charge in [0, 0.05) is 38.4 Å². The molecule has 108 valence electrons. The van der Waals surface area contributed by atoms with Crippen LogP contribution in [0.1, 0.15) is 33.6 Å². The molecule has 3 atom stereocenters. The molecule has 1 N–H and O–H groups in total. The zero-order valence-electron chi connectivity index (χ0n) is 12.4. The summed E-state index contributed by atoms with van der Waals surface area (Å²) in [5.74, 6) is 0. The topological polar surface area (TPSA) is 33.7 Å². The molecule has 1 rings (SSSR count). The van der Waals surface area contributed by atoms with Crippen LogP contribution in [0.2, 0.25) is 0 Å². The second kappa shape index (κ2) is 8.86. The van der Waals surface area contributed by atoms with Crippen molar-refractivity contribution in [3.8, 4) is 0 Å². The number of nitrogens with zero attached hydrogens (tertiary/aromatic N) is 1. The second-order valence-electron chi connectivity index (χ2n) is 5.08. The maximum Gasteiger partial charge on any atom is 0.0637 e. The number of rotatable bonds is 8. The van der Waals surface area contributed by atoms with E-state index in [9.17, 15) is 0 Å². The molecule has 0 aromatic rings. The molecule has 0 saturated carbocycles. The summed E-state index contributed by atoms with van der Waals surface area (Å²) >= 11 is 0. The number of methoxy groups -OCH3 is 1. The normalized spacial score (nSPS) is 26.5. The van der Waals surface area contributed by atoms with E-state index in [1.807, 2.05) is 0 Å². The summed E-state index contributed by atoms with van der Waals surface area (Å²) in [6, 6.07) is 1.60. The first-order valence-corrected chi connectivity index (χ1v) is 7.30. The molecule has 1 heterocycles. The predicted octanol–water partition coefficient (Wildman–Crippen LogP) is 1.50. The van der Waals surface area contributed by atoms with Gasteiger partial charge in [0.15, 0.2) is 0 Å². The molecular weight excluding hydrogens is 228 g/mol. The first kappa shape index (κ1) is 15.9. The van der Waals surface area contributed by atoms with E-state index in [2.05, 4.69) is 31.0 Å². The molecule has 1 saturated heterocycles. The van der Waals surface area contributed by atoms with Crippen molar-refractivity contribution in [2.24, 2.45) is 0 Å². The van der Waals surface area contributed by atoms with Crippen molar-refractivity contribution in [2.45, 2.75) is 51.7 Å². The Morgan fingerprint density at radius 3 is 2.83 bits per heavy atom. The lowest BCUT2D eigenvalue weighted by Gasteiger charge is -2.43. The Bertz CT molecular complexity index is 212. The van der Waals surface area contributed by atoms with Crippen LogP contribution < -0.4 is 5.32 Å². The average Bonchev–Trinajstić information content (AvgIpc) is 2.40. The van der Waals surface area contributed by atoms with Gasteiger partial charge in [-0.05, 0) is 26.3 Å². The molecule has 0 amide bonds. The minimum absolute atomic E-state index is 0.476. The highest BCUT2D eigenvalue weighted by Crippen LogP contribution is 2.18. The van der Waals surface area contributed by atoms with E-state index in [0.29, 0.717) is 18.1 Å². The molecular formula is C14H30N2O2. The summed E-state index contributed by atoms with van der Waals surface area (Å²) in [7, 11) is 1.77. The summed E-state index contributed by atoms with van der Waals surface area (Å²) in [5.41, 5.74) is 0. The van der Waals surface area contributed by atoms with Crippen LogP contribution in [0.3, 0.4) is 0 Å². The van der Waals surface area contributed by atoms with Crippen molar-refractivity contribution in [3.05, 3.63) is 0 Å². The smallest absolute Gasteiger partial charge is 0.0637 e. The van der Waals surface area contributed by atoms with Crippen LogP contribution in [0.25, 0.3) is 0 Å². The van der Waals surface area contributed by atoms with Crippen LogP contribution in [0.5, 0.6) is 0 Å². The quantitative estimate of drug-likeness (QED) is 0.715. The Morgan fingerprint density at radius 2 is 2.22 bits per heavy atom. The summed E-state index contributed by atoms with van der Waals surface area (Å²) in [4.78, 5) is 2.55. The summed E-state index contributed by atoms with van der Waals surface area (Å²) in [6.07, 6.45) is 2.28. The van der Waals surface area contributed by atoms with E-state index in [1.165, 1.54) is 6.42 Å². The summed E-state index contributed by atoms with van der Waals surface area (Å²) in [5, 5.41) is 3.61. The second-order valence-corrected chi connectivity index (χ2v) is 5.08. The minimum Gasteiger partial charge on any atom is -0.383 e. The fraction of sp³-hybridized carbons (Fsp3) is 1.00. The van der Waals surface area contributed by atoms with E-state index in [0.717, 1.165) is 39.3 Å². The Labute approximate surface area is 112 Å². The van der Waals surface area contributed by atoms with E-state index < -0.39 is 0 Å². The first-order chi connectivity index (χ1) is 8.74. The third kappa shape index (κ3) is 4.50. The van der Waals surface area contributed by atoms with Crippen molar-refractivity contribution >= 4 is 0 Å². The molecule has 0 spiro atoms. The van der Waals surface area contributed by atoms with Gasteiger partial charge in [0.25, 0.3) is 0 Å². The van der Waals surface area contributed by atoms with Crippen LogP contribution >= 0.6 is 0 Å².